The van der Waals surface area contributed by atoms with Crippen LogP contribution in [0.25, 0.3) is 0 Å². The average Bonchev–Trinajstić information content (AvgIpc) is 2.83. The molecular formula is C13H18N4O3. The molecule has 3 atom stereocenters. The summed E-state index contributed by atoms with van der Waals surface area (Å²) >= 11 is 0. The van der Waals surface area contributed by atoms with Gasteiger partial charge >= 0.3 is 5.69 Å². The minimum absolute atomic E-state index is 0.0168. The molecule has 1 aromatic rings. The number of carbonyl (C=O) groups is 1. The minimum Gasteiger partial charge on any atom is -0.338 e. The maximum atomic E-state index is 12.4. The third kappa shape index (κ3) is 2.18. The van der Waals surface area contributed by atoms with Gasteiger partial charge < -0.3 is 15.6 Å². The zero-order valence-electron chi connectivity index (χ0n) is 11.1. The van der Waals surface area contributed by atoms with Crippen molar-refractivity contribution in [2.45, 2.75) is 25.3 Å². The Balaban J connectivity index is 1.82. The van der Waals surface area contributed by atoms with Crippen LogP contribution in [0.1, 0.15) is 29.6 Å². The summed E-state index contributed by atoms with van der Waals surface area (Å²) in [7, 11) is 0. The summed E-state index contributed by atoms with van der Waals surface area (Å²) in [6, 6.07) is 0.139. The van der Waals surface area contributed by atoms with Gasteiger partial charge in [-0.05, 0) is 24.7 Å². The Hall–Kier alpha value is -1.89. The lowest BCUT2D eigenvalue weighted by atomic mass is 9.78. The molecule has 20 heavy (non-hydrogen) atoms. The summed E-state index contributed by atoms with van der Waals surface area (Å²) in [5, 5.41) is 0. The number of H-pyrrole nitrogens is 2. The number of amides is 1. The van der Waals surface area contributed by atoms with Gasteiger partial charge in [0.2, 0.25) is 0 Å². The number of nitrogens with one attached hydrogen (secondary N) is 2. The molecular weight excluding hydrogens is 260 g/mol. The summed E-state index contributed by atoms with van der Waals surface area (Å²) in [5.41, 5.74) is 4.85. The third-order valence-corrected chi connectivity index (χ3v) is 4.49. The van der Waals surface area contributed by atoms with Crippen LogP contribution in [-0.4, -0.2) is 39.9 Å². The first-order valence-electron chi connectivity index (χ1n) is 6.93. The summed E-state index contributed by atoms with van der Waals surface area (Å²) in [5.74, 6) is 0.434. The first-order chi connectivity index (χ1) is 9.56. The number of hydrogen-bond donors (Lipinski definition) is 3. The fourth-order valence-corrected chi connectivity index (χ4v) is 3.42. The predicted octanol–water partition coefficient (Wildman–Crippen LogP) is -0.737. The van der Waals surface area contributed by atoms with E-state index in [9.17, 15) is 14.4 Å². The summed E-state index contributed by atoms with van der Waals surface area (Å²) in [4.78, 5) is 41.1. The number of likely N-dealkylation sites (tertiary alicyclic amines) is 1. The SMILES string of the molecule is NC1CCCC2CN(C(=O)c3c[nH]c(=O)[nH]c3=O)CC12. The van der Waals surface area contributed by atoms with E-state index in [0.717, 1.165) is 19.3 Å². The zero-order valence-corrected chi connectivity index (χ0v) is 11.1. The van der Waals surface area contributed by atoms with Crippen LogP contribution >= 0.6 is 0 Å². The highest BCUT2D eigenvalue weighted by Gasteiger charge is 2.40. The Morgan fingerprint density at radius 3 is 2.80 bits per heavy atom. The normalized spacial score (nSPS) is 29.2. The average molecular weight is 278 g/mol. The Kier molecular flexibility index (Phi) is 3.21. The Bertz CT molecular complexity index is 635. The number of rotatable bonds is 1. The molecule has 0 bridgehead atoms. The predicted molar refractivity (Wildman–Crippen MR) is 72.4 cm³/mol. The van der Waals surface area contributed by atoms with E-state index >= 15 is 0 Å². The van der Waals surface area contributed by atoms with Gasteiger partial charge in [-0.15, -0.1) is 0 Å². The number of aromatic amines is 2. The first-order valence-corrected chi connectivity index (χ1v) is 6.93. The molecule has 2 heterocycles. The first kappa shape index (κ1) is 13.1. The van der Waals surface area contributed by atoms with Crippen LogP contribution in [0.4, 0.5) is 0 Å². The van der Waals surface area contributed by atoms with Crippen LogP contribution in [-0.2, 0) is 0 Å². The molecule has 3 unspecified atom stereocenters. The van der Waals surface area contributed by atoms with Crippen molar-refractivity contribution in [1.82, 2.24) is 14.9 Å². The van der Waals surface area contributed by atoms with E-state index in [1.165, 1.54) is 6.20 Å². The van der Waals surface area contributed by atoms with Crippen molar-refractivity contribution < 1.29 is 4.79 Å². The highest BCUT2D eigenvalue weighted by atomic mass is 16.2. The van der Waals surface area contributed by atoms with Crippen LogP contribution in [0.15, 0.2) is 15.8 Å². The molecule has 1 saturated carbocycles. The van der Waals surface area contributed by atoms with Crippen LogP contribution in [0.5, 0.6) is 0 Å². The van der Waals surface area contributed by atoms with Gasteiger partial charge in [-0.25, -0.2) is 4.79 Å². The fourth-order valence-electron chi connectivity index (χ4n) is 3.42. The van der Waals surface area contributed by atoms with Gasteiger partial charge in [-0.1, -0.05) is 6.42 Å². The van der Waals surface area contributed by atoms with Gasteiger partial charge in [0.25, 0.3) is 11.5 Å². The second-order valence-corrected chi connectivity index (χ2v) is 5.71. The smallest absolute Gasteiger partial charge is 0.325 e. The number of hydrogen-bond acceptors (Lipinski definition) is 4. The summed E-state index contributed by atoms with van der Waals surface area (Å²) in [6.45, 7) is 1.25. The molecule has 7 heteroatoms. The van der Waals surface area contributed by atoms with Gasteiger partial charge in [-0.2, -0.15) is 0 Å². The maximum Gasteiger partial charge on any atom is 0.325 e. The molecule has 1 amide bonds. The van der Waals surface area contributed by atoms with Crippen molar-refractivity contribution in [2.75, 3.05) is 13.1 Å². The Morgan fingerprint density at radius 1 is 1.30 bits per heavy atom. The lowest BCUT2D eigenvalue weighted by Gasteiger charge is -2.29. The highest BCUT2D eigenvalue weighted by molar-refractivity contribution is 5.93. The third-order valence-electron chi connectivity index (χ3n) is 4.49. The van der Waals surface area contributed by atoms with Gasteiger partial charge in [-0.3, -0.25) is 14.6 Å². The van der Waals surface area contributed by atoms with E-state index in [1.807, 2.05) is 0 Å². The molecule has 1 aliphatic heterocycles. The van der Waals surface area contributed by atoms with E-state index in [-0.39, 0.29) is 17.5 Å². The van der Waals surface area contributed by atoms with Crippen LogP contribution < -0.4 is 17.0 Å². The lowest BCUT2D eigenvalue weighted by molar-refractivity contribution is 0.0781. The van der Waals surface area contributed by atoms with Gasteiger partial charge in [0.05, 0.1) is 0 Å². The standard InChI is InChI=1S/C13H18N4O3/c14-10-3-1-2-7-5-17(6-9(7)10)12(19)8-4-15-13(20)16-11(8)18/h4,7,9-10H,1-3,5-6,14H2,(H2,15,16,18,20). The lowest BCUT2D eigenvalue weighted by Crippen LogP contribution is -2.39. The molecule has 7 nitrogen and oxygen atoms in total. The van der Waals surface area contributed by atoms with E-state index in [0.29, 0.717) is 24.9 Å². The van der Waals surface area contributed by atoms with Crippen molar-refractivity contribution in [3.8, 4) is 0 Å². The summed E-state index contributed by atoms with van der Waals surface area (Å²) in [6.07, 6.45) is 4.38. The number of aromatic nitrogens is 2. The molecule has 1 aliphatic carbocycles. The molecule has 4 N–H and O–H groups in total. The van der Waals surface area contributed by atoms with Crippen molar-refractivity contribution >= 4 is 5.91 Å². The largest absolute Gasteiger partial charge is 0.338 e. The molecule has 108 valence electrons. The van der Waals surface area contributed by atoms with Gasteiger partial charge in [0, 0.05) is 25.3 Å². The van der Waals surface area contributed by atoms with E-state index in [1.54, 1.807) is 4.90 Å². The van der Waals surface area contributed by atoms with Crippen molar-refractivity contribution in [1.29, 1.82) is 0 Å². The van der Waals surface area contributed by atoms with Crippen LogP contribution in [0.3, 0.4) is 0 Å². The topological polar surface area (TPSA) is 112 Å². The van der Waals surface area contributed by atoms with Crippen molar-refractivity contribution in [3.05, 3.63) is 32.6 Å². The monoisotopic (exact) mass is 278 g/mol. The maximum absolute atomic E-state index is 12.4. The Labute approximate surface area is 115 Å². The highest BCUT2D eigenvalue weighted by Crippen LogP contribution is 2.35. The molecule has 0 spiro atoms. The van der Waals surface area contributed by atoms with Crippen molar-refractivity contribution in [2.24, 2.45) is 17.6 Å². The van der Waals surface area contributed by atoms with Crippen molar-refractivity contribution in [3.63, 3.8) is 0 Å². The second kappa shape index (κ2) is 4.90. The molecule has 0 aromatic carbocycles. The van der Waals surface area contributed by atoms with Crippen LogP contribution in [0, 0.1) is 11.8 Å². The minimum atomic E-state index is -0.641. The van der Waals surface area contributed by atoms with Gasteiger partial charge in [0.1, 0.15) is 5.56 Å². The molecule has 1 aromatic heterocycles. The van der Waals surface area contributed by atoms with E-state index in [2.05, 4.69) is 9.97 Å². The molecule has 2 fully saturated rings. The number of fused-ring (bicyclic) bond motifs is 1. The molecule has 2 aliphatic rings. The van der Waals surface area contributed by atoms with Gasteiger partial charge in [0.15, 0.2) is 0 Å². The van der Waals surface area contributed by atoms with E-state index < -0.39 is 11.2 Å². The number of carbonyl (C=O) groups excluding carboxylic acids is 1. The molecule has 1 saturated heterocycles. The van der Waals surface area contributed by atoms with E-state index in [4.69, 9.17) is 5.73 Å². The fraction of sp³-hybridized carbons (Fsp3) is 0.615. The quantitative estimate of drug-likeness (QED) is 0.628. The second-order valence-electron chi connectivity index (χ2n) is 5.71. The van der Waals surface area contributed by atoms with Crippen LogP contribution in [0.2, 0.25) is 0 Å². The number of nitrogens with zero attached hydrogens (tertiary/aromatic N) is 1. The molecule has 3 rings (SSSR count). The molecule has 0 radical (unpaired) electrons. The zero-order chi connectivity index (χ0) is 14.3. The number of nitrogens with two attached hydrogens (primary N) is 1. The Morgan fingerprint density at radius 2 is 2.10 bits per heavy atom. The summed E-state index contributed by atoms with van der Waals surface area (Å²) < 4.78 is 0.